The third kappa shape index (κ3) is 4.80. The summed E-state index contributed by atoms with van der Waals surface area (Å²) in [6.45, 7) is 3.06. The van der Waals surface area contributed by atoms with E-state index in [2.05, 4.69) is 4.98 Å². The molecule has 2 aromatic rings. The number of carboxylic acids is 1. The molecule has 1 saturated heterocycles. The molecule has 3 rings (SSSR count). The average molecular weight is 376 g/mol. The van der Waals surface area contributed by atoms with E-state index < -0.39 is 12.1 Å². The predicted molar refractivity (Wildman–Crippen MR) is 95.3 cm³/mol. The summed E-state index contributed by atoms with van der Waals surface area (Å²) in [5, 5.41) is 11.6. The summed E-state index contributed by atoms with van der Waals surface area (Å²) in [4.78, 5) is 29.3. The Bertz CT molecular complexity index is 774. The first-order valence-electron chi connectivity index (χ1n) is 8.26. The van der Waals surface area contributed by atoms with Crippen molar-refractivity contribution in [2.45, 2.75) is 26.1 Å². The van der Waals surface area contributed by atoms with Gasteiger partial charge in [0, 0.05) is 11.9 Å². The zero-order valence-corrected chi connectivity index (χ0v) is 15.2. The molecule has 1 aromatic heterocycles. The molecule has 2 heterocycles. The van der Waals surface area contributed by atoms with Crippen LogP contribution < -0.4 is 4.74 Å². The van der Waals surface area contributed by atoms with Gasteiger partial charge in [-0.25, -0.2) is 9.78 Å². The third-order valence-corrected chi connectivity index (χ3v) is 4.88. The molecule has 138 valence electrons. The number of carbonyl (C=O) groups is 2. The monoisotopic (exact) mass is 376 g/mol. The van der Waals surface area contributed by atoms with Crippen LogP contribution in [0.2, 0.25) is 0 Å². The fourth-order valence-electron chi connectivity index (χ4n) is 2.57. The number of thiazole rings is 1. The van der Waals surface area contributed by atoms with Gasteiger partial charge in [0.2, 0.25) is 5.91 Å². The number of morpholine rings is 1. The van der Waals surface area contributed by atoms with Crippen LogP contribution in [0.15, 0.2) is 29.6 Å². The molecule has 0 saturated carbocycles. The number of aliphatic carboxylic acids is 1. The molecule has 1 atom stereocenters. The van der Waals surface area contributed by atoms with E-state index >= 15 is 0 Å². The maximum Gasteiger partial charge on any atom is 0.334 e. The van der Waals surface area contributed by atoms with E-state index in [0.717, 1.165) is 10.8 Å². The Balaban J connectivity index is 1.52. The molecule has 7 nitrogen and oxygen atoms in total. The highest BCUT2D eigenvalue weighted by molar-refractivity contribution is 7.09. The lowest BCUT2D eigenvalue weighted by Crippen LogP contribution is -2.49. The van der Waals surface area contributed by atoms with Crippen molar-refractivity contribution in [2.24, 2.45) is 0 Å². The number of aryl methyl sites for hydroxylation is 1. The van der Waals surface area contributed by atoms with Crippen LogP contribution >= 0.6 is 11.3 Å². The number of nitrogens with zero attached hydrogens (tertiary/aromatic N) is 2. The Morgan fingerprint density at radius 3 is 2.88 bits per heavy atom. The van der Waals surface area contributed by atoms with Gasteiger partial charge < -0.3 is 19.5 Å². The fraction of sp³-hybridized carbons (Fsp3) is 0.389. The molecule has 1 N–H and O–H groups in total. The van der Waals surface area contributed by atoms with E-state index in [1.54, 1.807) is 0 Å². The normalized spacial score (nSPS) is 17.1. The Morgan fingerprint density at radius 2 is 2.15 bits per heavy atom. The molecule has 0 spiro atoms. The van der Waals surface area contributed by atoms with Gasteiger partial charge in [-0.2, -0.15) is 0 Å². The van der Waals surface area contributed by atoms with Crippen molar-refractivity contribution in [3.8, 4) is 5.75 Å². The van der Waals surface area contributed by atoms with Gasteiger partial charge in [-0.05, 0) is 19.1 Å². The summed E-state index contributed by atoms with van der Waals surface area (Å²) in [5.41, 5.74) is 1.83. The van der Waals surface area contributed by atoms with Crippen LogP contribution in [0.1, 0.15) is 16.3 Å². The highest BCUT2D eigenvalue weighted by Gasteiger charge is 2.29. The number of aromatic nitrogens is 1. The van der Waals surface area contributed by atoms with Crippen LogP contribution in [0.25, 0.3) is 0 Å². The van der Waals surface area contributed by atoms with E-state index in [9.17, 15) is 9.59 Å². The van der Waals surface area contributed by atoms with E-state index in [0.29, 0.717) is 18.8 Å². The second-order valence-corrected chi connectivity index (χ2v) is 6.99. The third-order valence-electron chi connectivity index (χ3n) is 4.01. The first kappa shape index (κ1) is 18.3. The molecule has 8 heteroatoms. The molecule has 1 aliphatic rings. The van der Waals surface area contributed by atoms with Crippen LogP contribution in [0.5, 0.6) is 5.75 Å². The van der Waals surface area contributed by atoms with Crippen LogP contribution in [-0.4, -0.2) is 52.7 Å². The summed E-state index contributed by atoms with van der Waals surface area (Å²) in [6.07, 6.45) is -0.811. The number of carbonyl (C=O) groups excluding carboxylic acids is 1. The lowest BCUT2D eigenvalue weighted by Gasteiger charge is -2.30. The van der Waals surface area contributed by atoms with Gasteiger partial charge in [-0.15, -0.1) is 11.3 Å². The van der Waals surface area contributed by atoms with Gasteiger partial charge in [0.05, 0.1) is 25.3 Å². The van der Waals surface area contributed by atoms with Crippen molar-refractivity contribution in [1.29, 1.82) is 0 Å². The zero-order chi connectivity index (χ0) is 18.5. The van der Waals surface area contributed by atoms with Crippen molar-refractivity contribution in [2.75, 3.05) is 19.7 Å². The summed E-state index contributed by atoms with van der Waals surface area (Å²) >= 11 is 1.44. The Labute approximate surface area is 155 Å². The second kappa shape index (κ2) is 8.29. The molecule has 0 radical (unpaired) electrons. The smallest absolute Gasteiger partial charge is 0.334 e. The van der Waals surface area contributed by atoms with Gasteiger partial charge in [0.25, 0.3) is 0 Å². The molecular weight excluding hydrogens is 356 g/mol. The summed E-state index contributed by atoms with van der Waals surface area (Å²) < 4.78 is 10.8. The topological polar surface area (TPSA) is 89.0 Å². The summed E-state index contributed by atoms with van der Waals surface area (Å²) in [6, 6.07) is 7.78. The largest absolute Gasteiger partial charge is 0.486 e. The van der Waals surface area contributed by atoms with Crippen molar-refractivity contribution in [3.63, 3.8) is 0 Å². The van der Waals surface area contributed by atoms with E-state index in [4.69, 9.17) is 14.6 Å². The Kier molecular flexibility index (Phi) is 5.85. The highest BCUT2D eigenvalue weighted by Crippen LogP contribution is 2.17. The molecular formula is C18H20N2O5S. The second-order valence-electron chi connectivity index (χ2n) is 6.05. The van der Waals surface area contributed by atoms with E-state index in [1.807, 2.05) is 36.6 Å². The van der Waals surface area contributed by atoms with E-state index in [1.165, 1.54) is 21.8 Å². The zero-order valence-electron chi connectivity index (χ0n) is 14.4. The summed E-state index contributed by atoms with van der Waals surface area (Å²) in [5.74, 6) is -0.418. The van der Waals surface area contributed by atoms with Crippen molar-refractivity contribution < 1.29 is 24.2 Å². The number of carboxylic acid groups (broad SMARTS) is 1. The van der Waals surface area contributed by atoms with Gasteiger partial charge in [-0.3, -0.25) is 4.79 Å². The van der Waals surface area contributed by atoms with Crippen molar-refractivity contribution >= 4 is 23.2 Å². The minimum atomic E-state index is -1.05. The van der Waals surface area contributed by atoms with E-state index in [-0.39, 0.29) is 25.5 Å². The summed E-state index contributed by atoms with van der Waals surface area (Å²) in [7, 11) is 0. The Morgan fingerprint density at radius 1 is 1.38 bits per heavy atom. The van der Waals surface area contributed by atoms with Gasteiger partial charge in [0.15, 0.2) is 6.10 Å². The standard InChI is InChI=1S/C18H20N2O5S/c1-12-2-4-14(5-3-12)25-10-16-19-13(11-26-16)8-17(21)20-6-7-24-15(9-20)18(22)23/h2-5,11,15H,6-10H2,1H3,(H,22,23)/t15-/m0/s1. The van der Waals surface area contributed by atoms with Gasteiger partial charge in [-0.1, -0.05) is 17.7 Å². The molecule has 26 heavy (non-hydrogen) atoms. The van der Waals surface area contributed by atoms with Gasteiger partial charge >= 0.3 is 5.97 Å². The first-order chi connectivity index (χ1) is 12.5. The molecule has 1 aliphatic heterocycles. The van der Waals surface area contributed by atoms with Crippen molar-refractivity contribution in [1.82, 2.24) is 9.88 Å². The number of ether oxygens (including phenoxy) is 2. The number of hydrogen-bond acceptors (Lipinski definition) is 6. The van der Waals surface area contributed by atoms with Gasteiger partial charge in [0.1, 0.15) is 17.4 Å². The number of rotatable bonds is 6. The minimum Gasteiger partial charge on any atom is -0.486 e. The first-order valence-corrected chi connectivity index (χ1v) is 9.14. The molecule has 1 fully saturated rings. The number of hydrogen-bond donors (Lipinski definition) is 1. The lowest BCUT2D eigenvalue weighted by atomic mass is 10.2. The van der Waals surface area contributed by atoms with Crippen molar-refractivity contribution in [3.05, 3.63) is 45.9 Å². The van der Waals surface area contributed by atoms with Crippen LogP contribution in [0.4, 0.5) is 0 Å². The Hall–Kier alpha value is -2.45. The maximum absolute atomic E-state index is 12.4. The quantitative estimate of drug-likeness (QED) is 0.828. The number of benzene rings is 1. The molecule has 0 unspecified atom stereocenters. The SMILES string of the molecule is Cc1ccc(OCc2nc(CC(=O)N3CCO[C@H](C(=O)O)C3)cs2)cc1. The fourth-order valence-corrected chi connectivity index (χ4v) is 3.27. The molecule has 0 aliphatic carbocycles. The minimum absolute atomic E-state index is 0.0711. The molecule has 0 bridgehead atoms. The predicted octanol–water partition coefficient (Wildman–Crippen LogP) is 1.89. The van der Waals surface area contributed by atoms with Crippen LogP contribution in [0, 0.1) is 6.92 Å². The number of amides is 1. The highest BCUT2D eigenvalue weighted by atomic mass is 32.1. The molecule has 1 aromatic carbocycles. The molecule has 1 amide bonds. The average Bonchev–Trinajstić information content (AvgIpc) is 3.08. The maximum atomic E-state index is 12.4. The van der Waals surface area contributed by atoms with Crippen LogP contribution in [0.3, 0.4) is 0 Å². The van der Waals surface area contributed by atoms with Crippen LogP contribution in [-0.2, 0) is 27.4 Å². The lowest BCUT2D eigenvalue weighted by molar-refractivity contribution is -0.159.